The minimum atomic E-state index is -0.0978. The highest BCUT2D eigenvalue weighted by Gasteiger charge is 2.07. The van der Waals surface area contributed by atoms with Gasteiger partial charge in [-0.05, 0) is 17.9 Å². The third kappa shape index (κ3) is 1.36. The molecule has 0 saturated heterocycles. The molecule has 0 spiro atoms. The van der Waals surface area contributed by atoms with Gasteiger partial charge in [-0.25, -0.2) is 4.98 Å². The number of fused-ring (bicyclic) bond motifs is 1. The summed E-state index contributed by atoms with van der Waals surface area (Å²) < 4.78 is 0. The molecular weight excluding hydrogens is 208 g/mol. The van der Waals surface area contributed by atoms with Crippen LogP contribution in [0.25, 0.3) is 10.2 Å². The number of hydrogen-bond acceptors (Lipinski definition) is 3. The maximum Gasteiger partial charge on any atom is 0.259 e. The molecule has 0 atom stereocenters. The fraction of sp³-hybridized carbons (Fsp3) is 0.250. The normalized spacial score (nSPS) is 10.9. The van der Waals surface area contributed by atoms with Gasteiger partial charge in [-0.15, -0.1) is 22.9 Å². The molecule has 0 bridgehead atoms. The molecule has 0 unspecified atom stereocenters. The van der Waals surface area contributed by atoms with Crippen LogP contribution >= 0.6 is 22.9 Å². The number of halogens is 1. The molecule has 68 valence electrons. The molecule has 2 rings (SSSR count). The number of aromatic nitrogens is 2. The van der Waals surface area contributed by atoms with Crippen LogP contribution in [0.4, 0.5) is 0 Å². The minimum absolute atomic E-state index is 0.0978. The summed E-state index contributed by atoms with van der Waals surface area (Å²) >= 11 is 7.05. The highest BCUT2D eigenvalue weighted by molar-refractivity contribution is 7.16. The largest absolute Gasteiger partial charge is 0.309 e. The van der Waals surface area contributed by atoms with Crippen molar-refractivity contribution in [3.8, 4) is 0 Å². The number of H-pyrrole nitrogens is 1. The van der Waals surface area contributed by atoms with E-state index in [4.69, 9.17) is 11.6 Å². The summed E-state index contributed by atoms with van der Waals surface area (Å²) in [5.41, 5.74) is 0.870. The zero-order chi connectivity index (χ0) is 9.42. The fourth-order valence-corrected chi connectivity index (χ4v) is 2.26. The summed E-state index contributed by atoms with van der Waals surface area (Å²) in [6.07, 6.45) is 0. The molecule has 0 aliphatic carbocycles. The van der Waals surface area contributed by atoms with Gasteiger partial charge >= 0.3 is 0 Å². The van der Waals surface area contributed by atoms with E-state index in [-0.39, 0.29) is 11.4 Å². The van der Waals surface area contributed by atoms with Gasteiger partial charge in [0.15, 0.2) is 0 Å². The van der Waals surface area contributed by atoms with Crippen molar-refractivity contribution in [1.29, 1.82) is 0 Å². The smallest absolute Gasteiger partial charge is 0.259 e. The molecule has 2 aromatic heterocycles. The van der Waals surface area contributed by atoms with E-state index in [9.17, 15) is 4.79 Å². The molecule has 13 heavy (non-hydrogen) atoms. The second kappa shape index (κ2) is 3.12. The van der Waals surface area contributed by atoms with Gasteiger partial charge in [0, 0.05) is 0 Å². The quantitative estimate of drug-likeness (QED) is 0.739. The van der Waals surface area contributed by atoms with Crippen LogP contribution in [0.5, 0.6) is 0 Å². The summed E-state index contributed by atoms with van der Waals surface area (Å²) in [6, 6.07) is 0. The molecule has 0 amide bonds. The van der Waals surface area contributed by atoms with Crippen LogP contribution in [0.3, 0.4) is 0 Å². The van der Waals surface area contributed by atoms with Crippen molar-refractivity contribution >= 4 is 33.2 Å². The summed E-state index contributed by atoms with van der Waals surface area (Å²) in [7, 11) is 0. The van der Waals surface area contributed by atoms with Crippen molar-refractivity contribution in [1.82, 2.24) is 9.97 Å². The van der Waals surface area contributed by atoms with Crippen molar-refractivity contribution < 1.29 is 0 Å². The number of hydrogen-bond donors (Lipinski definition) is 1. The lowest BCUT2D eigenvalue weighted by Crippen LogP contribution is -2.10. The predicted octanol–water partition coefficient (Wildman–Crippen LogP) is 2.03. The van der Waals surface area contributed by atoms with E-state index >= 15 is 0 Å². The first-order valence-electron chi connectivity index (χ1n) is 3.75. The van der Waals surface area contributed by atoms with Crippen molar-refractivity contribution in [2.75, 3.05) is 0 Å². The summed E-state index contributed by atoms with van der Waals surface area (Å²) in [5.74, 6) is 0.767. The van der Waals surface area contributed by atoms with E-state index in [0.29, 0.717) is 11.2 Å². The number of aromatic amines is 1. The Hall–Kier alpha value is -0.870. The van der Waals surface area contributed by atoms with Crippen LogP contribution < -0.4 is 5.56 Å². The molecule has 2 heterocycles. The van der Waals surface area contributed by atoms with Gasteiger partial charge < -0.3 is 4.98 Å². The van der Waals surface area contributed by atoms with Gasteiger partial charge in [0.25, 0.3) is 5.56 Å². The number of nitrogens with one attached hydrogen (secondary N) is 1. The lowest BCUT2D eigenvalue weighted by atomic mass is 10.3. The number of nitrogens with zero attached hydrogens (tertiary/aromatic N) is 1. The van der Waals surface area contributed by atoms with E-state index in [1.807, 2.05) is 12.3 Å². The Kier molecular flexibility index (Phi) is 2.09. The SMILES string of the molecule is Cc1csc2nc(CCl)[nH]c(=O)c12. The Bertz CT molecular complexity index is 502. The van der Waals surface area contributed by atoms with Crippen molar-refractivity contribution in [3.63, 3.8) is 0 Å². The van der Waals surface area contributed by atoms with E-state index in [0.717, 1.165) is 10.4 Å². The first kappa shape index (κ1) is 8.72. The minimum Gasteiger partial charge on any atom is -0.309 e. The van der Waals surface area contributed by atoms with Gasteiger partial charge in [-0.1, -0.05) is 0 Å². The molecule has 0 aliphatic heterocycles. The molecule has 3 nitrogen and oxygen atoms in total. The van der Waals surface area contributed by atoms with Crippen LogP contribution in [0.1, 0.15) is 11.4 Å². The van der Waals surface area contributed by atoms with Gasteiger partial charge in [0.05, 0.1) is 11.3 Å². The van der Waals surface area contributed by atoms with Gasteiger partial charge in [-0.2, -0.15) is 0 Å². The lowest BCUT2D eigenvalue weighted by molar-refractivity contribution is 1.04. The number of thiophene rings is 1. The fourth-order valence-electron chi connectivity index (χ4n) is 1.20. The number of rotatable bonds is 1. The Morgan fingerprint density at radius 2 is 2.46 bits per heavy atom. The summed E-state index contributed by atoms with van der Waals surface area (Å²) in [5, 5.41) is 2.60. The molecule has 0 fully saturated rings. The second-order valence-corrected chi connectivity index (χ2v) is 3.87. The molecule has 0 saturated carbocycles. The Morgan fingerprint density at radius 1 is 1.69 bits per heavy atom. The zero-order valence-electron chi connectivity index (χ0n) is 6.93. The molecule has 0 aliphatic rings. The Labute approximate surface area is 83.4 Å². The highest BCUT2D eigenvalue weighted by Crippen LogP contribution is 2.19. The monoisotopic (exact) mass is 214 g/mol. The van der Waals surface area contributed by atoms with Crippen LogP contribution in [0.15, 0.2) is 10.2 Å². The molecule has 1 N–H and O–H groups in total. The number of aryl methyl sites for hydroxylation is 1. The van der Waals surface area contributed by atoms with E-state index in [2.05, 4.69) is 9.97 Å². The van der Waals surface area contributed by atoms with Gasteiger partial charge in [0.2, 0.25) is 0 Å². The third-order valence-corrected chi connectivity index (χ3v) is 3.05. The van der Waals surface area contributed by atoms with Crippen molar-refractivity contribution in [2.45, 2.75) is 12.8 Å². The highest BCUT2D eigenvalue weighted by atomic mass is 35.5. The first-order chi connectivity index (χ1) is 6.22. The average Bonchev–Trinajstić information content (AvgIpc) is 2.48. The summed E-state index contributed by atoms with van der Waals surface area (Å²) in [4.78, 5) is 19.1. The average molecular weight is 215 g/mol. The van der Waals surface area contributed by atoms with Crippen LogP contribution in [0.2, 0.25) is 0 Å². The number of alkyl halides is 1. The first-order valence-corrected chi connectivity index (χ1v) is 5.16. The molecule has 0 aromatic carbocycles. The second-order valence-electron chi connectivity index (χ2n) is 2.75. The van der Waals surface area contributed by atoms with Crippen molar-refractivity contribution in [3.05, 3.63) is 27.1 Å². The standard InChI is InChI=1S/C8H7ClN2OS/c1-4-3-13-8-6(4)7(12)10-5(2-9)11-8/h3H,2H2,1H3,(H,10,11,12). The maximum absolute atomic E-state index is 11.5. The Balaban J connectivity index is 2.87. The molecule has 2 aromatic rings. The van der Waals surface area contributed by atoms with Gasteiger partial charge in [0.1, 0.15) is 10.7 Å². The zero-order valence-corrected chi connectivity index (χ0v) is 8.50. The van der Waals surface area contributed by atoms with E-state index in [1.165, 1.54) is 11.3 Å². The predicted molar refractivity (Wildman–Crippen MR) is 54.5 cm³/mol. The third-order valence-electron chi connectivity index (χ3n) is 1.80. The molecular formula is C8H7ClN2OS. The summed E-state index contributed by atoms with van der Waals surface area (Å²) in [6.45, 7) is 1.90. The molecule has 5 heteroatoms. The topological polar surface area (TPSA) is 45.8 Å². The van der Waals surface area contributed by atoms with Crippen LogP contribution in [0, 0.1) is 6.92 Å². The van der Waals surface area contributed by atoms with Gasteiger partial charge in [-0.3, -0.25) is 4.79 Å². The van der Waals surface area contributed by atoms with Crippen LogP contribution in [-0.2, 0) is 5.88 Å². The molecule has 0 radical (unpaired) electrons. The van der Waals surface area contributed by atoms with Crippen LogP contribution in [-0.4, -0.2) is 9.97 Å². The Morgan fingerprint density at radius 3 is 3.15 bits per heavy atom. The maximum atomic E-state index is 11.5. The lowest BCUT2D eigenvalue weighted by Gasteiger charge is -1.94. The van der Waals surface area contributed by atoms with E-state index < -0.39 is 0 Å². The van der Waals surface area contributed by atoms with E-state index in [1.54, 1.807) is 0 Å². The van der Waals surface area contributed by atoms with Crippen molar-refractivity contribution in [2.24, 2.45) is 0 Å².